The van der Waals surface area contributed by atoms with Crippen molar-refractivity contribution >= 4 is 17.9 Å². The Bertz CT molecular complexity index is 1090. The summed E-state index contributed by atoms with van der Waals surface area (Å²) in [5.74, 6) is 0.894. The molecule has 0 aliphatic heterocycles. The van der Waals surface area contributed by atoms with E-state index in [-0.39, 0.29) is 31.1 Å². The number of unbranched alkanes of at least 4 members (excludes halogenated alkanes) is 43. The fourth-order valence-corrected chi connectivity index (χ4v) is 10.1. The number of hydrogen-bond donors (Lipinski definition) is 0. The van der Waals surface area contributed by atoms with Crippen molar-refractivity contribution in [2.75, 3.05) is 13.2 Å². The van der Waals surface area contributed by atoms with E-state index in [0.717, 1.165) is 69.6 Å². The van der Waals surface area contributed by atoms with Crippen molar-refractivity contribution in [1.29, 1.82) is 0 Å². The molecule has 0 amide bonds. The Kier molecular flexibility index (Phi) is 56.4. The molecule has 0 aliphatic rings. The van der Waals surface area contributed by atoms with Gasteiger partial charge in [0.2, 0.25) is 0 Å². The highest BCUT2D eigenvalue weighted by Gasteiger charge is 2.19. The molecule has 2 atom stereocenters. The molecule has 1 unspecified atom stereocenters. The number of hydrogen-bond acceptors (Lipinski definition) is 6. The van der Waals surface area contributed by atoms with E-state index in [1.165, 1.54) is 257 Å². The lowest BCUT2D eigenvalue weighted by Crippen LogP contribution is -2.30. The summed E-state index contributed by atoms with van der Waals surface area (Å²) in [6.45, 7) is 11.5. The molecule has 0 aromatic carbocycles. The molecule has 422 valence electrons. The van der Waals surface area contributed by atoms with Crippen molar-refractivity contribution in [3.8, 4) is 0 Å². The van der Waals surface area contributed by atoms with Crippen LogP contribution in [-0.2, 0) is 28.6 Å². The molecule has 0 aromatic rings. The molecule has 0 saturated carbocycles. The van der Waals surface area contributed by atoms with Crippen LogP contribution in [0.5, 0.6) is 0 Å². The summed E-state index contributed by atoms with van der Waals surface area (Å²) < 4.78 is 17.0. The molecule has 0 heterocycles. The van der Waals surface area contributed by atoms with Gasteiger partial charge in [-0.05, 0) is 31.1 Å². The van der Waals surface area contributed by atoms with Gasteiger partial charge in [-0.15, -0.1) is 0 Å². The molecule has 0 rings (SSSR count). The van der Waals surface area contributed by atoms with Gasteiger partial charge in [0.1, 0.15) is 13.2 Å². The predicted molar refractivity (Wildman–Crippen MR) is 307 cm³/mol. The molecular formula is C65H126O6. The maximum absolute atomic E-state index is 12.9. The lowest BCUT2D eigenvalue weighted by molar-refractivity contribution is -0.167. The quantitative estimate of drug-likeness (QED) is 0.0343. The van der Waals surface area contributed by atoms with E-state index in [9.17, 15) is 14.4 Å². The molecular weight excluding hydrogens is 877 g/mol. The normalized spacial score (nSPS) is 12.4. The summed E-state index contributed by atoms with van der Waals surface area (Å²) in [6.07, 6.45) is 63.9. The number of carbonyl (C=O) groups is 3. The zero-order chi connectivity index (χ0) is 51.8. The monoisotopic (exact) mass is 1000 g/mol. The Hall–Kier alpha value is -1.59. The first-order valence-corrected chi connectivity index (χ1v) is 32.3. The first kappa shape index (κ1) is 69.4. The van der Waals surface area contributed by atoms with Gasteiger partial charge in [0.25, 0.3) is 0 Å². The zero-order valence-electron chi connectivity index (χ0n) is 48.9. The first-order valence-electron chi connectivity index (χ1n) is 32.3. The molecule has 0 aliphatic carbocycles. The van der Waals surface area contributed by atoms with Crippen molar-refractivity contribution in [3.05, 3.63) is 0 Å². The summed E-state index contributed by atoms with van der Waals surface area (Å²) >= 11 is 0. The van der Waals surface area contributed by atoms with Crippen LogP contribution in [0.3, 0.4) is 0 Å². The third-order valence-electron chi connectivity index (χ3n) is 15.3. The molecule has 6 nitrogen and oxygen atoms in total. The van der Waals surface area contributed by atoms with Crippen LogP contribution in [0.1, 0.15) is 369 Å². The second kappa shape index (κ2) is 57.7. The molecule has 0 aromatic heterocycles. The Labute approximate surface area is 444 Å². The van der Waals surface area contributed by atoms with Crippen LogP contribution in [0.2, 0.25) is 0 Å². The maximum atomic E-state index is 12.9. The largest absolute Gasteiger partial charge is 0.462 e. The van der Waals surface area contributed by atoms with Gasteiger partial charge in [0, 0.05) is 19.3 Å². The van der Waals surface area contributed by atoms with E-state index < -0.39 is 6.10 Å². The molecule has 0 spiro atoms. The predicted octanol–water partition coefficient (Wildman–Crippen LogP) is 21.6. The second-order valence-corrected chi connectivity index (χ2v) is 23.1. The van der Waals surface area contributed by atoms with Crippen LogP contribution in [-0.4, -0.2) is 37.2 Å². The number of carbonyl (C=O) groups excluding carboxylic acids is 3. The second-order valence-electron chi connectivity index (χ2n) is 23.1. The van der Waals surface area contributed by atoms with Crippen LogP contribution >= 0.6 is 0 Å². The van der Waals surface area contributed by atoms with Gasteiger partial charge in [-0.1, -0.05) is 330 Å². The molecule has 0 N–H and O–H groups in total. The number of rotatable bonds is 59. The van der Waals surface area contributed by atoms with Crippen molar-refractivity contribution in [3.63, 3.8) is 0 Å². The van der Waals surface area contributed by atoms with Crippen LogP contribution < -0.4 is 0 Å². The van der Waals surface area contributed by atoms with E-state index in [2.05, 4.69) is 34.6 Å². The Morgan fingerprint density at radius 3 is 0.803 bits per heavy atom. The molecule has 71 heavy (non-hydrogen) atoms. The standard InChI is InChI=1S/C65H126O6/c1-6-8-9-10-11-12-13-14-15-16-20-23-26-29-35-40-45-50-55-63(66)69-58-62(71-65(68)57-52-47-42-37-32-31-34-39-44-49-54-61(5)7-2)59-70-64(67)56-51-46-41-36-30-27-24-21-18-17-19-22-25-28-33-38-43-48-53-60(3)4/h60-62H,6-59H2,1-5H3/t61?,62-/m0/s1. The molecule has 0 saturated heterocycles. The van der Waals surface area contributed by atoms with Gasteiger partial charge in [0.05, 0.1) is 0 Å². The average molecular weight is 1000 g/mol. The zero-order valence-corrected chi connectivity index (χ0v) is 48.9. The highest BCUT2D eigenvalue weighted by molar-refractivity contribution is 5.71. The molecule has 0 fully saturated rings. The minimum absolute atomic E-state index is 0.0621. The van der Waals surface area contributed by atoms with Crippen LogP contribution in [0.25, 0.3) is 0 Å². The van der Waals surface area contributed by atoms with Gasteiger partial charge in [-0.2, -0.15) is 0 Å². The minimum atomic E-state index is -0.764. The van der Waals surface area contributed by atoms with Crippen molar-refractivity contribution < 1.29 is 28.6 Å². The SMILES string of the molecule is CCCCCCCCCCCCCCCCCCCCC(=O)OC[C@@H](COC(=O)CCCCCCCCCCCCCCCCCCCCC(C)C)OC(=O)CCCCCCCCCCCCC(C)CC. The topological polar surface area (TPSA) is 78.9 Å². The molecule has 6 heteroatoms. The number of ether oxygens (including phenoxy) is 3. The number of esters is 3. The van der Waals surface area contributed by atoms with E-state index in [1.807, 2.05) is 0 Å². The summed E-state index contributed by atoms with van der Waals surface area (Å²) in [4.78, 5) is 38.3. The summed E-state index contributed by atoms with van der Waals surface area (Å²) in [6, 6.07) is 0. The van der Waals surface area contributed by atoms with Crippen LogP contribution in [0, 0.1) is 11.8 Å². The Morgan fingerprint density at radius 2 is 0.535 bits per heavy atom. The van der Waals surface area contributed by atoms with Crippen molar-refractivity contribution in [2.24, 2.45) is 11.8 Å². The van der Waals surface area contributed by atoms with E-state index >= 15 is 0 Å². The van der Waals surface area contributed by atoms with Gasteiger partial charge in [-0.25, -0.2) is 0 Å². The van der Waals surface area contributed by atoms with Crippen LogP contribution in [0.15, 0.2) is 0 Å². The lowest BCUT2D eigenvalue weighted by atomic mass is 9.99. The lowest BCUT2D eigenvalue weighted by Gasteiger charge is -2.18. The maximum Gasteiger partial charge on any atom is 0.306 e. The summed E-state index contributed by atoms with van der Waals surface area (Å²) in [7, 11) is 0. The fourth-order valence-electron chi connectivity index (χ4n) is 10.1. The van der Waals surface area contributed by atoms with Gasteiger partial charge < -0.3 is 14.2 Å². The third kappa shape index (κ3) is 57.5. The Morgan fingerprint density at radius 1 is 0.296 bits per heavy atom. The highest BCUT2D eigenvalue weighted by atomic mass is 16.6. The Balaban J connectivity index is 4.25. The van der Waals surface area contributed by atoms with Crippen molar-refractivity contribution in [2.45, 2.75) is 375 Å². The smallest absolute Gasteiger partial charge is 0.306 e. The molecule has 0 radical (unpaired) electrons. The van der Waals surface area contributed by atoms with E-state index in [4.69, 9.17) is 14.2 Å². The first-order chi connectivity index (χ1) is 34.8. The third-order valence-corrected chi connectivity index (χ3v) is 15.3. The average Bonchev–Trinajstić information content (AvgIpc) is 3.36. The van der Waals surface area contributed by atoms with E-state index in [1.54, 1.807) is 0 Å². The van der Waals surface area contributed by atoms with Crippen LogP contribution in [0.4, 0.5) is 0 Å². The molecule has 0 bridgehead atoms. The van der Waals surface area contributed by atoms with E-state index in [0.29, 0.717) is 19.3 Å². The highest BCUT2D eigenvalue weighted by Crippen LogP contribution is 2.19. The van der Waals surface area contributed by atoms with Crippen molar-refractivity contribution in [1.82, 2.24) is 0 Å². The van der Waals surface area contributed by atoms with Gasteiger partial charge >= 0.3 is 17.9 Å². The van der Waals surface area contributed by atoms with Gasteiger partial charge in [-0.3, -0.25) is 14.4 Å². The minimum Gasteiger partial charge on any atom is -0.462 e. The summed E-state index contributed by atoms with van der Waals surface area (Å²) in [5, 5.41) is 0. The summed E-state index contributed by atoms with van der Waals surface area (Å²) in [5.41, 5.74) is 0. The van der Waals surface area contributed by atoms with Gasteiger partial charge in [0.15, 0.2) is 6.10 Å². The fraction of sp³-hybridized carbons (Fsp3) is 0.954.